The van der Waals surface area contributed by atoms with Gasteiger partial charge in [-0.2, -0.15) is 0 Å². The van der Waals surface area contributed by atoms with Crippen LogP contribution in [-0.4, -0.2) is 12.4 Å². The van der Waals surface area contributed by atoms with E-state index in [1.807, 2.05) is 6.20 Å². The molecule has 0 unspecified atom stereocenters. The zero-order chi connectivity index (χ0) is 8.93. The van der Waals surface area contributed by atoms with Crippen molar-refractivity contribution in [2.24, 2.45) is 10.9 Å². The van der Waals surface area contributed by atoms with Gasteiger partial charge in [-0.05, 0) is 25.1 Å². The van der Waals surface area contributed by atoms with Crippen molar-refractivity contribution >= 4 is 5.84 Å². The Kier molecular flexibility index (Phi) is 3.01. The third kappa shape index (κ3) is 2.33. The summed E-state index contributed by atoms with van der Waals surface area (Å²) >= 11 is 0. The summed E-state index contributed by atoms with van der Waals surface area (Å²) in [5, 5.41) is 3.29. The van der Waals surface area contributed by atoms with Crippen LogP contribution in [0.15, 0.2) is 17.3 Å². The molecule has 0 amide bonds. The monoisotopic (exact) mass is 178 g/mol. The van der Waals surface area contributed by atoms with Crippen molar-refractivity contribution in [3.8, 4) is 0 Å². The molecule has 0 radical (unpaired) electrons. The third-order valence-electron chi connectivity index (χ3n) is 2.96. The second-order valence-electron chi connectivity index (χ2n) is 3.96. The van der Waals surface area contributed by atoms with Gasteiger partial charge in [-0.1, -0.05) is 25.7 Å². The van der Waals surface area contributed by atoms with Gasteiger partial charge >= 0.3 is 0 Å². The Hall–Kier alpha value is -0.790. The van der Waals surface area contributed by atoms with E-state index in [-0.39, 0.29) is 0 Å². The molecule has 0 bridgehead atoms. The lowest BCUT2D eigenvalue weighted by Crippen LogP contribution is -2.29. The molecule has 0 atom stereocenters. The molecule has 0 aromatic carbocycles. The molecule has 1 heterocycles. The van der Waals surface area contributed by atoms with Crippen LogP contribution < -0.4 is 5.32 Å². The second-order valence-corrected chi connectivity index (χ2v) is 3.96. The summed E-state index contributed by atoms with van der Waals surface area (Å²) < 4.78 is 0. The number of hydrogen-bond acceptors (Lipinski definition) is 2. The largest absolute Gasteiger partial charge is 0.350 e. The Morgan fingerprint density at radius 1 is 1.15 bits per heavy atom. The Morgan fingerprint density at radius 3 is 2.54 bits per heavy atom. The van der Waals surface area contributed by atoms with Gasteiger partial charge in [0.05, 0.1) is 6.54 Å². The van der Waals surface area contributed by atoms with Gasteiger partial charge in [0.1, 0.15) is 5.84 Å². The fourth-order valence-corrected chi connectivity index (χ4v) is 2.19. The molecular weight excluding hydrogens is 160 g/mol. The van der Waals surface area contributed by atoms with Crippen LogP contribution in [0.1, 0.15) is 38.5 Å². The minimum atomic E-state index is 0.715. The third-order valence-corrected chi connectivity index (χ3v) is 2.96. The summed E-state index contributed by atoms with van der Waals surface area (Å²) in [4.78, 5) is 4.51. The average Bonchev–Trinajstić information content (AvgIpc) is 2.47. The zero-order valence-corrected chi connectivity index (χ0v) is 8.13. The van der Waals surface area contributed by atoms with E-state index in [9.17, 15) is 0 Å². The molecule has 13 heavy (non-hydrogen) atoms. The van der Waals surface area contributed by atoms with E-state index in [1.165, 1.54) is 44.4 Å². The van der Waals surface area contributed by atoms with E-state index in [1.54, 1.807) is 0 Å². The number of nitrogens with one attached hydrogen (secondary N) is 1. The van der Waals surface area contributed by atoms with Gasteiger partial charge in [0.2, 0.25) is 0 Å². The van der Waals surface area contributed by atoms with Gasteiger partial charge in [0.25, 0.3) is 0 Å². The van der Waals surface area contributed by atoms with Crippen LogP contribution in [-0.2, 0) is 0 Å². The normalized spacial score (nSPS) is 24.8. The molecule has 2 nitrogen and oxygen atoms in total. The topological polar surface area (TPSA) is 24.4 Å². The average molecular weight is 178 g/mol. The highest BCUT2D eigenvalue weighted by molar-refractivity contribution is 5.86. The number of hydrogen-bond donors (Lipinski definition) is 1. The van der Waals surface area contributed by atoms with Crippen molar-refractivity contribution in [2.45, 2.75) is 38.5 Å². The predicted molar refractivity (Wildman–Crippen MR) is 55.8 cm³/mol. The van der Waals surface area contributed by atoms with Crippen molar-refractivity contribution in [2.75, 3.05) is 6.54 Å². The number of aliphatic imine (C=N–C) groups is 1. The molecule has 0 saturated heterocycles. The van der Waals surface area contributed by atoms with Crippen LogP contribution in [0.2, 0.25) is 0 Å². The molecule has 0 spiro atoms. The Labute approximate surface area is 80.1 Å². The summed E-state index contributed by atoms with van der Waals surface area (Å²) in [6.45, 7) is 0.874. The van der Waals surface area contributed by atoms with Crippen molar-refractivity contribution in [1.82, 2.24) is 5.32 Å². The lowest BCUT2D eigenvalue weighted by atomic mass is 9.98. The molecule has 2 heteroatoms. The molecule has 2 aliphatic rings. The highest BCUT2D eigenvalue weighted by Crippen LogP contribution is 2.23. The number of rotatable bonds is 1. The minimum Gasteiger partial charge on any atom is -0.350 e. The van der Waals surface area contributed by atoms with Crippen LogP contribution in [0.3, 0.4) is 0 Å². The van der Waals surface area contributed by atoms with Gasteiger partial charge in [-0.3, -0.25) is 4.99 Å². The highest BCUT2D eigenvalue weighted by Gasteiger charge is 2.17. The fourth-order valence-electron chi connectivity index (χ4n) is 2.19. The fraction of sp³-hybridized carbons (Fsp3) is 0.727. The molecule has 2 rings (SSSR count). The number of nitrogens with zero attached hydrogens (tertiary/aromatic N) is 1. The molecule has 0 aromatic heterocycles. The van der Waals surface area contributed by atoms with Crippen LogP contribution in [0.5, 0.6) is 0 Å². The van der Waals surface area contributed by atoms with Crippen molar-refractivity contribution < 1.29 is 0 Å². The summed E-state index contributed by atoms with van der Waals surface area (Å²) in [5.74, 6) is 1.96. The highest BCUT2D eigenvalue weighted by atomic mass is 15.0. The maximum absolute atomic E-state index is 4.51. The first kappa shape index (κ1) is 8.79. The predicted octanol–water partition coefficient (Wildman–Crippen LogP) is 2.47. The van der Waals surface area contributed by atoms with Crippen molar-refractivity contribution in [3.63, 3.8) is 0 Å². The summed E-state index contributed by atoms with van der Waals surface area (Å²) in [6, 6.07) is 0. The Bertz CT molecular complexity index is 210. The van der Waals surface area contributed by atoms with Crippen molar-refractivity contribution in [3.05, 3.63) is 12.3 Å². The van der Waals surface area contributed by atoms with Crippen LogP contribution in [0, 0.1) is 5.92 Å². The first-order valence-corrected chi connectivity index (χ1v) is 5.43. The van der Waals surface area contributed by atoms with Crippen molar-refractivity contribution in [1.29, 1.82) is 0 Å². The van der Waals surface area contributed by atoms with E-state index >= 15 is 0 Å². The molecule has 72 valence electrons. The summed E-state index contributed by atoms with van der Waals surface area (Å²) in [7, 11) is 0. The minimum absolute atomic E-state index is 0.715. The first-order valence-electron chi connectivity index (χ1n) is 5.43. The van der Waals surface area contributed by atoms with Crippen LogP contribution >= 0.6 is 0 Å². The van der Waals surface area contributed by atoms with Gasteiger partial charge in [-0.25, -0.2) is 0 Å². The Balaban J connectivity index is 1.93. The lowest BCUT2D eigenvalue weighted by Gasteiger charge is -2.18. The molecule has 1 N–H and O–H groups in total. The maximum Gasteiger partial charge on any atom is 0.104 e. The standard InChI is InChI=1S/C11H18N2/c1-2-4-7-10(6-3-1)11-12-8-5-9-13-11/h5,8,10H,1-4,6-7,9H2,(H,12,13). The second kappa shape index (κ2) is 4.45. The van der Waals surface area contributed by atoms with E-state index in [2.05, 4.69) is 16.4 Å². The zero-order valence-electron chi connectivity index (χ0n) is 8.13. The smallest absolute Gasteiger partial charge is 0.104 e. The Morgan fingerprint density at radius 2 is 1.92 bits per heavy atom. The molecular formula is C11H18N2. The number of amidine groups is 1. The van der Waals surface area contributed by atoms with Gasteiger partial charge < -0.3 is 5.32 Å². The SMILES string of the molecule is C1=CNC(C2CCCCCC2)=NC1. The lowest BCUT2D eigenvalue weighted by molar-refractivity contribution is 0.577. The summed E-state index contributed by atoms with van der Waals surface area (Å²) in [5.41, 5.74) is 0. The quantitative estimate of drug-likeness (QED) is 0.613. The molecule has 1 fully saturated rings. The van der Waals surface area contributed by atoms with Gasteiger partial charge in [0, 0.05) is 5.92 Å². The van der Waals surface area contributed by atoms with Gasteiger partial charge in [-0.15, -0.1) is 0 Å². The summed E-state index contributed by atoms with van der Waals surface area (Å²) in [6.07, 6.45) is 12.4. The molecule has 0 aromatic rings. The molecule has 1 saturated carbocycles. The van der Waals surface area contributed by atoms with E-state index in [0.29, 0.717) is 5.92 Å². The van der Waals surface area contributed by atoms with E-state index < -0.39 is 0 Å². The maximum atomic E-state index is 4.51. The van der Waals surface area contributed by atoms with E-state index in [4.69, 9.17) is 0 Å². The van der Waals surface area contributed by atoms with Crippen LogP contribution in [0.25, 0.3) is 0 Å². The molecule has 1 aliphatic heterocycles. The molecule has 1 aliphatic carbocycles. The van der Waals surface area contributed by atoms with E-state index in [0.717, 1.165) is 6.54 Å². The van der Waals surface area contributed by atoms with Crippen LogP contribution in [0.4, 0.5) is 0 Å². The first-order chi connectivity index (χ1) is 6.47. The van der Waals surface area contributed by atoms with Gasteiger partial charge in [0.15, 0.2) is 0 Å².